The third kappa shape index (κ3) is 2.33. The fourth-order valence-electron chi connectivity index (χ4n) is 5.39. The number of nitrogens with two attached hydrogens (primary N) is 1. The highest BCUT2D eigenvalue weighted by atomic mass is 16.2. The molecule has 5 nitrogen and oxygen atoms in total. The van der Waals surface area contributed by atoms with Gasteiger partial charge in [0.1, 0.15) is 0 Å². The molecule has 2 aromatic rings. The van der Waals surface area contributed by atoms with Crippen molar-refractivity contribution in [2.24, 2.45) is 23.7 Å². The molecule has 128 valence electrons. The van der Waals surface area contributed by atoms with Crippen LogP contribution in [0.3, 0.4) is 0 Å². The quantitative estimate of drug-likeness (QED) is 0.916. The van der Waals surface area contributed by atoms with Gasteiger partial charge in [-0.25, -0.2) is 9.97 Å². The standard InChI is InChI=1S/C20H22N4O/c21-20-22-9-15(18(23-20)12-4-2-1-3-5-12)19(25)24-10-16-13-6-7-14(8-13)17(16)11-24/h1-5,9,13-14,16-17H,6-8,10-11H2,(H2,21,22,23)/t13-,14+,16-,17+. The molecule has 2 saturated carbocycles. The molecule has 2 aliphatic carbocycles. The molecule has 0 spiro atoms. The molecule has 1 aromatic heterocycles. The van der Waals surface area contributed by atoms with E-state index in [1.54, 1.807) is 6.20 Å². The molecular weight excluding hydrogens is 312 g/mol. The lowest BCUT2D eigenvalue weighted by atomic mass is 9.82. The van der Waals surface area contributed by atoms with Crippen molar-refractivity contribution in [2.45, 2.75) is 19.3 Å². The number of rotatable bonds is 2. The summed E-state index contributed by atoms with van der Waals surface area (Å²) >= 11 is 0. The molecule has 3 fully saturated rings. The van der Waals surface area contributed by atoms with Crippen LogP contribution in [0.5, 0.6) is 0 Å². The molecule has 1 amide bonds. The van der Waals surface area contributed by atoms with Crippen LogP contribution in [-0.4, -0.2) is 33.9 Å². The largest absolute Gasteiger partial charge is 0.368 e. The van der Waals surface area contributed by atoms with Gasteiger partial charge in [-0.1, -0.05) is 30.3 Å². The minimum atomic E-state index is 0.0488. The minimum absolute atomic E-state index is 0.0488. The van der Waals surface area contributed by atoms with Crippen LogP contribution in [0.1, 0.15) is 29.6 Å². The summed E-state index contributed by atoms with van der Waals surface area (Å²) in [7, 11) is 0. The molecule has 4 atom stereocenters. The van der Waals surface area contributed by atoms with Gasteiger partial charge in [-0.3, -0.25) is 4.79 Å². The lowest BCUT2D eigenvalue weighted by molar-refractivity contribution is 0.0776. The fraction of sp³-hybridized carbons (Fsp3) is 0.450. The summed E-state index contributed by atoms with van der Waals surface area (Å²) in [5.41, 5.74) is 7.89. The number of nitrogens with zero attached hydrogens (tertiary/aromatic N) is 3. The number of fused-ring (bicyclic) bond motifs is 5. The fourth-order valence-corrected chi connectivity index (χ4v) is 5.39. The summed E-state index contributed by atoms with van der Waals surface area (Å²) in [5, 5.41) is 0. The third-order valence-electron chi connectivity index (χ3n) is 6.51. The highest BCUT2D eigenvalue weighted by molar-refractivity contribution is 6.00. The maximum atomic E-state index is 13.2. The van der Waals surface area contributed by atoms with E-state index in [9.17, 15) is 4.79 Å². The molecule has 2 heterocycles. The number of carbonyl (C=O) groups excluding carboxylic acids is 1. The predicted octanol–water partition coefficient (Wildman–Crippen LogP) is 2.84. The molecule has 0 unspecified atom stereocenters. The number of nitrogen functional groups attached to an aromatic ring is 1. The number of aromatic nitrogens is 2. The van der Waals surface area contributed by atoms with Crippen molar-refractivity contribution in [2.75, 3.05) is 18.8 Å². The summed E-state index contributed by atoms with van der Waals surface area (Å²) in [6, 6.07) is 9.75. The van der Waals surface area contributed by atoms with Crippen molar-refractivity contribution in [3.8, 4) is 11.3 Å². The summed E-state index contributed by atoms with van der Waals surface area (Å²) < 4.78 is 0. The average Bonchev–Trinajstić information content (AvgIpc) is 3.35. The molecule has 3 aliphatic rings. The first-order valence-corrected chi connectivity index (χ1v) is 9.18. The van der Waals surface area contributed by atoms with Crippen molar-refractivity contribution >= 4 is 11.9 Å². The van der Waals surface area contributed by atoms with Gasteiger partial charge in [-0.05, 0) is 42.9 Å². The van der Waals surface area contributed by atoms with E-state index in [2.05, 4.69) is 9.97 Å². The number of likely N-dealkylation sites (tertiary alicyclic amines) is 1. The molecule has 5 heteroatoms. The van der Waals surface area contributed by atoms with E-state index < -0.39 is 0 Å². The maximum Gasteiger partial charge on any atom is 0.257 e. The number of amides is 1. The van der Waals surface area contributed by atoms with Gasteiger partial charge >= 0.3 is 0 Å². The Morgan fingerprint density at radius 2 is 1.76 bits per heavy atom. The van der Waals surface area contributed by atoms with Crippen LogP contribution in [-0.2, 0) is 0 Å². The zero-order valence-electron chi connectivity index (χ0n) is 14.1. The zero-order chi connectivity index (χ0) is 17.0. The highest BCUT2D eigenvalue weighted by Gasteiger charge is 2.52. The normalized spacial score (nSPS) is 29.8. The highest BCUT2D eigenvalue weighted by Crippen LogP contribution is 2.55. The van der Waals surface area contributed by atoms with Crippen LogP contribution in [0.15, 0.2) is 36.5 Å². The van der Waals surface area contributed by atoms with Crippen LogP contribution in [0.2, 0.25) is 0 Å². The topological polar surface area (TPSA) is 72.1 Å². The van der Waals surface area contributed by atoms with Crippen molar-refractivity contribution in [3.05, 3.63) is 42.1 Å². The number of hydrogen-bond donors (Lipinski definition) is 1. The Bertz CT molecular complexity index is 804. The summed E-state index contributed by atoms with van der Waals surface area (Å²) in [5.74, 6) is 3.34. The Morgan fingerprint density at radius 1 is 1.08 bits per heavy atom. The van der Waals surface area contributed by atoms with Gasteiger partial charge < -0.3 is 10.6 Å². The Morgan fingerprint density at radius 3 is 2.44 bits per heavy atom. The SMILES string of the molecule is Nc1ncc(C(=O)N2C[C@@H]3[C@@H]4CC[C@@H](C4)[C@@H]3C2)c(-c2ccccc2)n1. The van der Waals surface area contributed by atoms with Crippen molar-refractivity contribution in [1.82, 2.24) is 14.9 Å². The van der Waals surface area contributed by atoms with Gasteiger partial charge in [-0.15, -0.1) is 0 Å². The van der Waals surface area contributed by atoms with E-state index in [0.717, 1.165) is 30.5 Å². The van der Waals surface area contributed by atoms with Crippen LogP contribution in [0.4, 0.5) is 5.95 Å². The smallest absolute Gasteiger partial charge is 0.257 e. The van der Waals surface area contributed by atoms with Gasteiger partial charge in [0.05, 0.1) is 11.3 Å². The lowest BCUT2D eigenvalue weighted by Crippen LogP contribution is -2.31. The molecule has 5 rings (SSSR count). The minimum Gasteiger partial charge on any atom is -0.368 e. The second-order valence-electron chi connectivity index (χ2n) is 7.73. The van der Waals surface area contributed by atoms with Crippen LogP contribution >= 0.6 is 0 Å². The second kappa shape index (κ2) is 5.55. The molecule has 1 aliphatic heterocycles. The molecule has 1 aromatic carbocycles. The summed E-state index contributed by atoms with van der Waals surface area (Å²) in [6.07, 6.45) is 5.69. The summed E-state index contributed by atoms with van der Waals surface area (Å²) in [4.78, 5) is 23.7. The van der Waals surface area contributed by atoms with E-state index in [1.165, 1.54) is 19.3 Å². The van der Waals surface area contributed by atoms with Gasteiger partial charge in [0.2, 0.25) is 5.95 Å². The third-order valence-corrected chi connectivity index (χ3v) is 6.51. The van der Waals surface area contributed by atoms with Crippen molar-refractivity contribution in [1.29, 1.82) is 0 Å². The first-order chi connectivity index (χ1) is 12.2. The Labute approximate surface area is 147 Å². The monoisotopic (exact) mass is 334 g/mol. The molecular formula is C20H22N4O. The molecule has 25 heavy (non-hydrogen) atoms. The van der Waals surface area contributed by atoms with Crippen LogP contribution < -0.4 is 5.73 Å². The Balaban J connectivity index is 1.47. The first-order valence-electron chi connectivity index (χ1n) is 9.18. The maximum absolute atomic E-state index is 13.2. The van der Waals surface area contributed by atoms with E-state index in [0.29, 0.717) is 23.1 Å². The predicted molar refractivity (Wildman–Crippen MR) is 95.6 cm³/mol. The van der Waals surface area contributed by atoms with Gasteiger partial charge in [0, 0.05) is 24.8 Å². The molecule has 0 radical (unpaired) electrons. The molecule has 1 saturated heterocycles. The average molecular weight is 334 g/mol. The Kier molecular flexibility index (Phi) is 3.30. The van der Waals surface area contributed by atoms with E-state index in [1.807, 2.05) is 35.2 Å². The van der Waals surface area contributed by atoms with E-state index in [-0.39, 0.29) is 11.9 Å². The second-order valence-corrected chi connectivity index (χ2v) is 7.73. The number of benzene rings is 1. The van der Waals surface area contributed by atoms with Crippen LogP contribution in [0.25, 0.3) is 11.3 Å². The molecule has 2 N–H and O–H groups in total. The lowest BCUT2D eigenvalue weighted by Gasteiger charge is -2.22. The Hall–Kier alpha value is -2.43. The zero-order valence-corrected chi connectivity index (χ0v) is 14.1. The first kappa shape index (κ1) is 14.9. The number of carbonyl (C=O) groups is 1. The summed E-state index contributed by atoms with van der Waals surface area (Å²) in [6.45, 7) is 1.78. The van der Waals surface area contributed by atoms with Gasteiger partial charge in [-0.2, -0.15) is 0 Å². The van der Waals surface area contributed by atoms with E-state index in [4.69, 9.17) is 5.73 Å². The molecule has 2 bridgehead atoms. The van der Waals surface area contributed by atoms with Crippen LogP contribution in [0, 0.1) is 23.7 Å². The van der Waals surface area contributed by atoms with E-state index >= 15 is 0 Å². The van der Waals surface area contributed by atoms with Gasteiger partial charge in [0.25, 0.3) is 5.91 Å². The van der Waals surface area contributed by atoms with Crippen molar-refractivity contribution in [3.63, 3.8) is 0 Å². The van der Waals surface area contributed by atoms with Gasteiger partial charge in [0.15, 0.2) is 0 Å². The van der Waals surface area contributed by atoms with Crippen molar-refractivity contribution < 1.29 is 4.79 Å². The number of anilines is 1. The number of hydrogen-bond acceptors (Lipinski definition) is 4.